The van der Waals surface area contributed by atoms with Crippen LogP contribution in [-0.2, 0) is 14.3 Å². The Hall–Kier alpha value is -2.35. The molecule has 0 heterocycles. The first-order valence-electron chi connectivity index (χ1n) is 6.98. The monoisotopic (exact) mass is 340 g/mol. The maximum Gasteiger partial charge on any atom is 0.306 e. The Morgan fingerprint density at radius 3 is 2.52 bits per heavy atom. The van der Waals surface area contributed by atoms with Gasteiger partial charge in [-0.25, -0.2) is 0 Å². The number of methoxy groups -OCH3 is 2. The largest absolute Gasteiger partial charge is 0.497 e. The molecule has 0 atom stereocenters. The van der Waals surface area contributed by atoms with Crippen LogP contribution in [0.15, 0.2) is 18.2 Å². The Morgan fingerprint density at radius 2 is 1.91 bits per heavy atom. The van der Waals surface area contributed by atoms with Gasteiger partial charge in [0, 0.05) is 12.5 Å². The van der Waals surface area contributed by atoms with Gasteiger partial charge in [-0.15, -0.1) is 0 Å². The van der Waals surface area contributed by atoms with E-state index in [2.05, 4.69) is 10.6 Å². The third-order valence-corrected chi connectivity index (χ3v) is 2.97. The van der Waals surface area contributed by atoms with Crippen LogP contribution in [0.1, 0.15) is 19.8 Å². The van der Waals surface area contributed by atoms with Gasteiger partial charge in [-0.05, 0) is 31.3 Å². The number of nitrogens with one attached hydrogen (secondary N) is 2. The fourth-order valence-corrected chi connectivity index (χ4v) is 1.93. The lowest BCUT2D eigenvalue weighted by molar-refractivity contribution is -0.144. The predicted octanol–water partition coefficient (Wildman–Crippen LogP) is 1.86. The number of ether oxygens (including phenoxy) is 3. The van der Waals surface area contributed by atoms with Crippen molar-refractivity contribution in [2.45, 2.75) is 19.8 Å². The highest BCUT2D eigenvalue weighted by Crippen LogP contribution is 2.28. The molecule has 0 unspecified atom stereocenters. The zero-order valence-electron chi connectivity index (χ0n) is 13.3. The number of hydrogen-bond acceptors (Lipinski definition) is 6. The third kappa shape index (κ3) is 6.52. The van der Waals surface area contributed by atoms with E-state index in [-0.39, 0.29) is 30.5 Å². The minimum absolute atomic E-state index is 0.00407. The highest BCUT2D eigenvalue weighted by molar-refractivity contribution is 7.80. The number of amides is 1. The van der Waals surface area contributed by atoms with Crippen molar-refractivity contribution >= 4 is 34.9 Å². The van der Waals surface area contributed by atoms with Crippen LogP contribution in [0.3, 0.4) is 0 Å². The Bertz CT molecular complexity index is 577. The van der Waals surface area contributed by atoms with Gasteiger partial charge in [-0.3, -0.25) is 9.59 Å². The number of carbonyl (C=O) groups is 2. The lowest BCUT2D eigenvalue weighted by Gasteiger charge is -2.13. The highest BCUT2D eigenvalue weighted by atomic mass is 32.1. The molecule has 1 aromatic carbocycles. The molecule has 0 bridgehead atoms. The van der Waals surface area contributed by atoms with Gasteiger partial charge in [0.15, 0.2) is 5.11 Å². The van der Waals surface area contributed by atoms with Crippen LogP contribution >= 0.6 is 12.2 Å². The van der Waals surface area contributed by atoms with Gasteiger partial charge in [-0.1, -0.05) is 0 Å². The van der Waals surface area contributed by atoms with E-state index in [0.29, 0.717) is 17.2 Å². The molecule has 1 rings (SSSR count). The number of thiocarbonyl (C=S) groups is 1. The molecule has 23 heavy (non-hydrogen) atoms. The van der Waals surface area contributed by atoms with Gasteiger partial charge < -0.3 is 24.8 Å². The van der Waals surface area contributed by atoms with Gasteiger partial charge in [0.05, 0.1) is 32.9 Å². The molecule has 0 saturated carbocycles. The first kappa shape index (κ1) is 18.7. The second-order valence-electron chi connectivity index (χ2n) is 4.37. The summed E-state index contributed by atoms with van der Waals surface area (Å²) in [5.74, 6) is 0.368. The SMILES string of the molecule is CCOC(=O)CCC(=O)NC(=S)Nc1cc(OC)ccc1OC. The number of benzene rings is 1. The number of anilines is 1. The Morgan fingerprint density at radius 1 is 1.17 bits per heavy atom. The smallest absolute Gasteiger partial charge is 0.306 e. The summed E-state index contributed by atoms with van der Waals surface area (Å²) in [5.41, 5.74) is 0.558. The Kier molecular flexibility index (Phi) is 7.82. The molecule has 126 valence electrons. The maximum absolute atomic E-state index is 11.7. The fraction of sp³-hybridized carbons (Fsp3) is 0.400. The van der Waals surface area contributed by atoms with Crippen LogP contribution in [-0.4, -0.2) is 37.8 Å². The molecule has 0 aliphatic heterocycles. The summed E-state index contributed by atoms with van der Waals surface area (Å²) in [5, 5.41) is 5.45. The standard InChI is InChI=1S/C15H20N2O5S/c1-4-22-14(19)8-7-13(18)17-15(23)16-11-9-10(20-2)5-6-12(11)21-3/h5-6,9H,4,7-8H2,1-3H3,(H2,16,17,18,23). The molecular weight excluding hydrogens is 320 g/mol. The van der Waals surface area contributed by atoms with Crippen molar-refractivity contribution in [1.82, 2.24) is 5.32 Å². The van der Waals surface area contributed by atoms with Crippen molar-refractivity contribution in [3.05, 3.63) is 18.2 Å². The summed E-state index contributed by atoms with van der Waals surface area (Å²) in [4.78, 5) is 22.9. The molecule has 0 aromatic heterocycles. The molecule has 0 saturated heterocycles. The van der Waals surface area contributed by atoms with Crippen molar-refractivity contribution in [1.29, 1.82) is 0 Å². The fourth-order valence-electron chi connectivity index (χ4n) is 1.70. The quantitative estimate of drug-likeness (QED) is 0.579. The van der Waals surface area contributed by atoms with Crippen LogP contribution in [0.2, 0.25) is 0 Å². The van der Waals surface area contributed by atoms with Gasteiger partial charge in [0.2, 0.25) is 5.91 Å². The van der Waals surface area contributed by atoms with E-state index >= 15 is 0 Å². The minimum Gasteiger partial charge on any atom is -0.497 e. The first-order chi connectivity index (χ1) is 11.0. The zero-order chi connectivity index (χ0) is 17.2. The molecule has 0 spiro atoms. The topological polar surface area (TPSA) is 85.9 Å². The van der Waals surface area contributed by atoms with E-state index in [1.165, 1.54) is 7.11 Å². The van der Waals surface area contributed by atoms with E-state index in [1.807, 2.05) is 0 Å². The normalized spacial score (nSPS) is 9.70. The van der Waals surface area contributed by atoms with E-state index in [9.17, 15) is 9.59 Å². The maximum atomic E-state index is 11.7. The second-order valence-corrected chi connectivity index (χ2v) is 4.78. The molecule has 1 aromatic rings. The second kappa shape index (κ2) is 9.62. The summed E-state index contributed by atoms with van der Waals surface area (Å²) in [6.45, 7) is 1.99. The molecule has 1 amide bonds. The average molecular weight is 340 g/mol. The van der Waals surface area contributed by atoms with Gasteiger partial charge >= 0.3 is 5.97 Å². The first-order valence-corrected chi connectivity index (χ1v) is 7.39. The van der Waals surface area contributed by atoms with E-state index < -0.39 is 5.97 Å². The Balaban J connectivity index is 2.56. The van der Waals surface area contributed by atoms with Crippen LogP contribution in [0.5, 0.6) is 11.5 Å². The lowest BCUT2D eigenvalue weighted by atomic mass is 10.2. The van der Waals surface area contributed by atoms with Gasteiger partial charge in [0.25, 0.3) is 0 Å². The average Bonchev–Trinajstić information content (AvgIpc) is 2.53. The van der Waals surface area contributed by atoms with Crippen LogP contribution < -0.4 is 20.1 Å². The summed E-state index contributed by atoms with van der Waals surface area (Å²) in [7, 11) is 3.06. The molecule has 0 aliphatic carbocycles. The van der Waals surface area contributed by atoms with Crippen molar-refractivity contribution in [2.75, 3.05) is 26.1 Å². The highest BCUT2D eigenvalue weighted by Gasteiger charge is 2.11. The number of esters is 1. The summed E-state index contributed by atoms with van der Waals surface area (Å²) in [6.07, 6.45) is 0.000661. The van der Waals surface area contributed by atoms with E-state index in [0.717, 1.165) is 0 Å². The molecule has 0 aliphatic rings. The van der Waals surface area contributed by atoms with Gasteiger partial charge in [-0.2, -0.15) is 0 Å². The van der Waals surface area contributed by atoms with E-state index in [1.54, 1.807) is 32.2 Å². The number of carbonyl (C=O) groups excluding carboxylic acids is 2. The van der Waals surface area contributed by atoms with Crippen molar-refractivity contribution in [3.8, 4) is 11.5 Å². The lowest BCUT2D eigenvalue weighted by Crippen LogP contribution is -2.34. The van der Waals surface area contributed by atoms with Crippen LogP contribution in [0, 0.1) is 0 Å². The van der Waals surface area contributed by atoms with Crippen LogP contribution in [0.4, 0.5) is 5.69 Å². The van der Waals surface area contributed by atoms with Crippen molar-refractivity contribution in [2.24, 2.45) is 0 Å². The third-order valence-electron chi connectivity index (χ3n) is 2.77. The van der Waals surface area contributed by atoms with Crippen molar-refractivity contribution < 1.29 is 23.8 Å². The molecule has 7 nitrogen and oxygen atoms in total. The van der Waals surface area contributed by atoms with Crippen molar-refractivity contribution in [3.63, 3.8) is 0 Å². The molecule has 0 radical (unpaired) electrons. The number of rotatable bonds is 7. The summed E-state index contributed by atoms with van der Waals surface area (Å²) < 4.78 is 15.1. The molecule has 0 fully saturated rings. The van der Waals surface area contributed by atoms with Crippen LogP contribution in [0.25, 0.3) is 0 Å². The zero-order valence-corrected chi connectivity index (χ0v) is 14.1. The molecular formula is C15H20N2O5S. The summed E-state index contributed by atoms with van der Waals surface area (Å²) >= 11 is 5.07. The van der Waals surface area contributed by atoms with E-state index in [4.69, 9.17) is 26.4 Å². The number of hydrogen-bond donors (Lipinski definition) is 2. The Labute approximate surface area is 140 Å². The molecule has 2 N–H and O–H groups in total. The predicted molar refractivity (Wildman–Crippen MR) is 89.8 cm³/mol. The van der Waals surface area contributed by atoms with Gasteiger partial charge in [0.1, 0.15) is 11.5 Å². The molecule has 8 heteroatoms. The minimum atomic E-state index is -0.420. The summed E-state index contributed by atoms with van der Waals surface area (Å²) in [6, 6.07) is 5.15.